The first-order chi connectivity index (χ1) is 16.1. The van der Waals surface area contributed by atoms with Crippen molar-refractivity contribution in [2.24, 2.45) is 5.41 Å². The highest BCUT2D eigenvalue weighted by Gasteiger charge is 2.26. The molecular formula is C26H33N7S. The number of hydrogen-bond acceptors (Lipinski definition) is 5. The molecule has 0 amide bonds. The van der Waals surface area contributed by atoms with E-state index in [-0.39, 0.29) is 5.41 Å². The lowest BCUT2D eigenvalue weighted by Crippen LogP contribution is -2.44. The Hall–Kier alpha value is -3.10. The van der Waals surface area contributed by atoms with Crippen LogP contribution in [0, 0.1) is 19.3 Å². The fraction of sp³-hybridized carbons (Fsp3) is 0.385. The van der Waals surface area contributed by atoms with Crippen LogP contribution in [0.2, 0.25) is 0 Å². The molecule has 2 aromatic carbocycles. The fourth-order valence-corrected chi connectivity index (χ4v) is 4.90. The largest absolute Gasteiger partial charge is 0.344 e. The standard InChI is InChI=1S/C26H33N7S/c1-18-8-7-9-22(13-18)27-25(34)32(17-26(3,4)16-31(5)6)15-21-14-20-12-19(2)10-11-23(20)33-24(21)28-29-30-33/h7-14H,15-17H2,1-6H3,(H,27,34). The second-order valence-electron chi connectivity index (χ2n) is 10.2. The smallest absolute Gasteiger partial charge is 0.184 e. The number of aromatic nitrogens is 4. The second-order valence-corrected chi connectivity index (χ2v) is 10.6. The van der Waals surface area contributed by atoms with Gasteiger partial charge in [-0.15, -0.1) is 5.10 Å². The van der Waals surface area contributed by atoms with Gasteiger partial charge >= 0.3 is 0 Å². The summed E-state index contributed by atoms with van der Waals surface area (Å²) in [6.07, 6.45) is 0. The van der Waals surface area contributed by atoms with Gasteiger partial charge in [-0.2, -0.15) is 4.52 Å². The monoisotopic (exact) mass is 475 g/mol. The molecule has 0 radical (unpaired) electrons. The van der Waals surface area contributed by atoms with Gasteiger partial charge in [0.25, 0.3) is 0 Å². The summed E-state index contributed by atoms with van der Waals surface area (Å²) in [7, 11) is 4.21. The maximum atomic E-state index is 5.94. The van der Waals surface area contributed by atoms with Crippen LogP contribution in [0.4, 0.5) is 5.69 Å². The predicted molar refractivity (Wildman–Crippen MR) is 143 cm³/mol. The van der Waals surface area contributed by atoms with Gasteiger partial charge in [0.05, 0.1) is 5.52 Å². The number of pyridine rings is 1. The van der Waals surface area contributed by atoms with Gasteiger partial charge in [0.15, 0.2) is 10.8 Å². The van der Waals surface area contributed by atoms with Crippen molar-refractivity contribution in [3.05, 3.63) is 65.2 Å². The Labute approximate surface area is 206 Å². The Morgan fingerprint density at radius 2 is 1.79 bits per heavy atom. The number of thiocarbonyl (C=S) groups is 1. The molecule has 0 spiro atoms. The summed E-state index contributed by atoms with van der Waals surface area (Å²) in [6.45, 7) is 11.0. The maximum Gasteiger partial charge on any atom is 0.184 e. The number of tetrazole rings is 1. The molecule has 8 heteroatoms. The van der Waals surface area contributed by atoms with Crippen LogP contribution in [-0.4, -0.2) is 62.1 Å². The number of nitrogens with zero attached hydrogens (tertiary/aromatic N) is 6. The van der Waals surface area contributed by atoms with Crippen molar-refractivity contribution in [2.75, 3.05) is 32.5 Å². The van der Waals surface area contributed by atoms with Gasteiger partial charge in [-0.25, -0.2) is 0 Å². The Morgan fingerprint density at radius 1 is 1.03 bits per heavy atom. The first-order valence-corrected chi connectivity index (χ1v) is 11.9. The summed E-state index contributed by atoms with van der Waals surface area (Å²) >= 11 is 5.94. The van der Waals surface area contributed by atoms with E-state index in [4.69, 9.17) is 12.2 Å². The van der Waals surface area contributed by atoms with E-state index in [0.29, 0.717) is 11.7 Å². The van der Waals surface area contributed by atoms with Crippen molar-refractivity contribution in [2.45, 2.75) is 34.2 Å². The molecule has 0 aliphatic rings. The highest BCUT2D eigenvalue weighted by Crippen LogP contribution is 2.25. The molecule has 2 heterocycles. The predicted octanol–water partition coefficient (Wildman–Crippen LogP) is 4.68. The highest BCUT2D eigenvalue weighted by molar-refractivity contribution is 7.80. The van der Waals surface area contributed by atoms with E-state index in [9.17, 15) is 0 Å². The number of hydrogen-bond donors (Lipinski definition) is 1. The third kappa shape index (κ3) is 5.51. The van der Waals surface area contributed by atoms with Crippen molar-refractivity contribution >= 4 is 39.6 Å². The summed E-state index contributed by atoms with van der Waals surface area (Å²) in [5.74, 6) is 0. The van der Waals surface area contributed by atoms with Crippen LogP contribution in [0.25, 0.3) is 16.6 Å². The zero-order chi connectivity index (χ0) is 24.5. The first kappa shape index (κ1) is 24.0. The van der Waals surface area contributed by atoms with E-state index in [2.05, 4.69) is 109 Å². The SMILES string of the molecule is Cc1cccc(NC(=S)N(Cc2cc3cc(C)ccc3n3nnnc23)CC(C)(C)CN(C)C)c1. The quantitative estimate of drug-likeness (QED) is 0.389. The molecule has 7 nitrogen and oxygen atoms in total. The number of benzene rings is 2. The Bertz CT molecular complexity index is 1330. The van der Waals surface area contributed by atoms with Crippen LogP contribution in [0.3, 0.4) is 0 Å². The van der Waals surface area contributed by atoms with Gasteiger partial charge in [0, 0.05) is 36.3 Å². The third-order valence-electron chi connectivity index (χ3n) is 5.78. The molecule has 0 saturated carbocycles. The molecule has 1 N–H and O–H groups in total. The van der Waals surface area contributed by atoms with Crippen molar-refractivity contribution in [1.29, 1.82) is 0 Å². The molecule has 0 atom stereocenters. The number of nitrogens with one attached hydrogen (secondary N) is 1. The van der Waals surface area contributed by atoms with Crippen LogP contribution >= 0.6 is 12.2 Å². The zero-order valence-corrected chi connectivity index (χ0v) is 21.6. The number of aryl methyl sites for hydroxylation is 2. The van der Waals surface area contributed by atoms with E-state index >= 15 is 0 Å². The van der Waals surface area contributed by atoms with E-state index < -0.39 is 0 Å². The second kappa shape index (κ2) is 9.64. The van der Waals surface area contributed by atoms with E-state index in [1.807, 2.05) is 16.6 Å². The lowest BCUT2D eigenvalue weighted by Gasteiger charge is -2.36. The Balaban J connectivity index is 1.71. The highest BCUT2D eigenvalue weighted by atomic mass is 32.1. The molecule has 0 bridgehead atoms. The van der Waals surface area contributed by atoms with Crippen LogP contribution < -0.4 is 5.32 Å². The lowest BCUT2D eigenvalue weighted by molar-refractivity contribution is 0.188. The van der Waals surface area contributed by atoms with Gasteiger partial charge in [0.1, 0.15) is 0 Å². The molecule has 34 heavy (non-hydrogen) atoms. The Morgan fingerprint density at radius 3 is 2.53 bits per heavy atom. The average molecular weight is 476 g/mol. The summed E-state index contributed by atoms with van der Waals surface area (Å²) < 4.78 is 1.82. The van der Waals surface area contributed by atoms with Crippen LogP contribution in [0.15, 0.2) is 48.5 Å². The summed E-state index contributed by atoms with van der Waals surface area (Å²) in [5, 5.41) is 17.8. The van der Waals surface area contributed by atoms with Crippen LogP contribution in [0.5, 0.6) is 0 Å². The van der Waals surface area contributed by atoms with Crippen LogP contribution in [-0.2, 0) is 6.54 Å². The van der Waals surface area contributed by atoms with E-state index in [1.165, 1.54) is 11.1 Å². The molecule has 0 aliphatic heterocycles. The fourth-order valence-electron chi connectivity index (χ4n) is 4.65. The van der Waals surface area contributed by atoms with Crippen molar-refractivity contribution in [1.82, 2.24) is 29.8 Å². The molecule has 0 unspecified atom stereocenters. The zero-order valence-electron chi connectivity index (χ0n) is 20.8. The minimum Gasteiger partial charge on any atom is -0.344 e. The van der Waals surface area contributed by atoms with Gasteiger partial charge in [-0.3, -0.25) is 0 Å². The van der Waals surface area contributed by atoms with Gasteiger partial charge < -0.3 is 15.1 Å². The van der Waals surface area contributed by atoms with E-state index in [1.54, 1.807) is 0 Å². The van der Waals surface area contributed by atoms with Crippen molar-refractivity contribution in [3.8, 4) is 0 Å². The number of anilines is 1. The first-order valence-electron chi connectivity index (χ1n) is 11.5. The molecule has 0 fully saturated rings. The molecule has 4 rings (SSSR count). The topological polar surface area (TPSA) is 61.6 Å². The van der Waals surface area contributed by atoms with E-state index in [0.717, 1.165) is 40.9 Å². The lowest BCUT2D eigenvalue weighted by atomic mass is 9.92. The van der Waals surface area contributed by atoms with Gasteiger partial charge in [-0.1, -0.05) is 37.6 Å². The minimum atomic E-state index is 0.0114. The normalized spacial score (nSPS) is 12.0. The molecule has 0 saturated heterocycles. The van der Waals surface area contributed by atoms with Gasteiger partial charge in [-0.05, 0) is 91.9 Å². The van der Waals surface area contributed by atoms with Crippen molar-refractivity contribution in [3.63, 3.8) is 0 Å². The summed E-state index contributed by atoms with van der Waals surface area (Å²) in [4.78, 5) is 4.45. The maximum absolute atomic E-state index is 5.94. The summed E-state index contributed by atoms with van der Waals surface area (Å²) in [5.41, 5.74) is 6.18. The molecule has 4 aromatic rings. The molecule has 2 aromatic heterocycles. The minimum absolute atomic E-state index is 0.0114. The molecule has 0 aliphatic carbocycles. The van der Waals surface area contributed by atoms with Crippen molar-refractivity contribution < 1.29 is 0 Å². The third-order valence-corrected chi connectivity index (χ3v) is 6.14. The van der Waals surface area contributed by atoms with Gasteiger partial charge in [0.2, 0.25) is 0 Å². The molecule has 178 valence electrons. The average Bonchev–Trinajstić information content (AvgIpc) is 3.22. The number of rotatable bonds is 7. The molecular weight excluding hydrogens is 442 g/mol. The number of fused-ring (bicyclic) bond motifs is 3. The Kier molecular flexibility index (Phi) is 6.81. The summed E-state index contributed by atoms with van der Waals surface area (Å²) in [6, 6.07) is 16.8. The van der Waals surface area contributed by atoms with Crippen LogP contribution in [0.1, 0.15) is 30.5 Å².